The van der Waals surface area contributed by atoms with Crippen LogP contribution in [0.4, 0.5) is 5.69 Å². The molecule has 0 aromatic heterocycles. The van der Waals surface area contributed by atoms with Crippen LogP contribution in [0, 0.1) is 5.92 Å². The first-order valence-corrected chi connectivity index (χ1v) is 10.2. The average molecular weight is 442 g/mol. The van der Waals surface area contributed by atoms with E-state index in [4.69, 9.17) is 21.1 Å². The number of amides is 2. The van der Waals surface area contributed by atoms with Gasteiger partial charge in [-0.3, -0.25) is 15.0 Å². The molecule has 0 radical (unpaired) electrons. The molecule has 0 saturated carbocycles. The highest BCUT2D eigenvalue weighted by atomic mass is 35.5. The van der Waals surface area contributed by atoms with Gasteiger partial charge in [0.05, 0.1) is 18.9 Å². The summed E-state index contributed by atoms with van der Waals surface area (Å²) in [4.78, 5) is 40.8. The summed E-state index contributed by atoms with van der Waals surface area (Å²) in [7, 11) is 0. The first kappa shape index (κ1) is 20.9. The number of benzene rings is 2. The van der Waals surface area contributed by atoms with E-state index in [-0.39, 0.29) is 12.3 Å². The van der Waals surface area contributed by atoms with Gasteiger partial charge < -0.3 is 9.47 Å². The third-order valence-electron chi connectivity index (χ3n) is 5.26. The number of carbonyl (C=O) groups is 3. The second-order valence-corrected chi connectivity index (χ2v) is 7.42. The smallest absolute Gasteiger partial charge is 0.355 e. The van der Waals surface area contributed by atoms with E-state index < -0.39 is 29.2 Å². The van der Waals surface area contributed by atoms with Crippen LogP contribution in [-0.4, -0.2) is 36.7 Å². The van der Waals surface area contributed by atoms with E-state index in [1.54, 1.807) is 55.5 Å². The Morgan fingerprint density at radius 1 is 1.10 bits per heavy atom. The molecule has 2 aromatic carbocycles. The number of imide groups is 1. The van der Waals surface area contributed by atoms with Crippen molar-refractivity contribution in [2.75, 3.05) is 18.1 Å². The Balaban J connectivity index is 1.80. The molecule has 0 unspecified atom stereocenters. The molecular formula is C22H20ClN3O5. The Hall–Kier alpha value is -3.39. The highest BCUT2D eigenvalue weighted by Gasteiger charge is 2.67. The Bertz CT molecular complexity index is 1070. The number of halogens is 1. The van der Waals surface area contributed by atoms with Crippen molar-refractivity contribution in [3.05, 3.63) is 59.1 Å². The van der Waals surface area contributed by atoms with Gasteiger partial charge in [0, 0.05) is 5.02 Å². The largest absolute Gasteiger partial charge is 0.494 e. The molecule has 2 heterocycles. The van der Waals surface area contributed by atoms with Gasteiger partial charge in [0.2, 0.25) is 5.91 Å². The van der Waals surface area contributed by atoms with Gasteiger partial charge in [-0.1, -0.05) is 23.7 Å². The van der Waals surface area contributed by atoms with Gasteiger partial charge in [0.1, 0.15) is 11.7 Å². The van der Waals surface area contributed by atoms with E-state index in [1.165, 1.54) is 0 Å². The molecule has 1 fully saturated rings. The summed E-state index contributed by atoms with van der Waals surface area (Å²) < 4.78 is 10.5. The number of ether oxygens (including phenoxy) is 2. The molecule has 2 aliphatic rings. The fourth-order valence-corrected chi connectivity index (χ4v) is 4.03. The Morgan fingerprint density at radius 3 is 2.39 bits per heavy atom. The molecule has 1 saturated heterocycles. The molecular weight excluding hydrogens is 422 g/mol. The minimum Gasteiger partial charge on any atom is -0.494 e. The van der Waals surface area contributed by atoms with Gasteiger partial charge in [0.15, 0.2) is 11.3 Å². The Labute approximate surface area is 183 Å². The van der Waals surface area contributed by atoms with Crippen LogP contribution in [0.3, 0.4) is 0 Å². The lowest BCUT2D eigenvalue weighted by Crippen LogP contribution is -2.48. The zero-order valence-corrected chi connectivity index (χ0v) is 17.7. The number of rotatable bonds is 6. The van der Waals surface area contributed by atoms with Crippen molar-refractivity contribution in [3.63, 3.8) is 0 Å². The predicted octanol–water partition coefficient (Wildman–Crippen LogP) is 2.65. The minimum atomic E-state index is -1.57. The van der Waals surface area contributed by atoms with Crippen molar-refractivity contribution < 1.29 is 23.9 Å². The lowest BCUT2D eigenvalue weighted by atomic mass is 9.79. The average Bonchev–Trinajstić information content (AvgIpc) is 3.26. The lowest BCUT2D eigenvalue weighted by molar-refractivity contribution is -0.136. The molecule has 2 atom stereocenters. The number of esters is 1. The summed E-state index contributed by atoms with van der Waals surface area (Å²) in [6.07, 6.45) is 0. The summed E-state index contributed by atoms with van der Waals surface area (Å²) in [5, 5.41) is 4.52. The van der Waals surface area contributed by atoms with E-state index >= 15 is 0 Å². The van der Waals surface area contributed by atoms with E-state index in [0.29, 0.717) is 28.6 Å². The number of hydrogen-bond donors (Lipinski definition) is 1. The number of nitrogens with zero attached hydrogens (tertiary/aromatic N) is 2. The van der Waals surface area contributed by atoms with Crippen LogP contribution >= 0.6 is 11.6 Å². The minimum absolute atomic E-state index is 0.114. The lowest BCUT2D eigenvalue weighted by Gasteiger charge is -2.26. The summed E-state index contributed by atoms with van der Waals surface area (Å²) >= 11 is 6.01. The SMILES string of the molecule is CCOC(=O)C1=NN[C@@]2(c3ccc(Cl)cc3)C(=O)N(c3ccc(OCC)cc3)C(=O)[C@@H]12. The third kappa shape index (κ3) is 3.23. The number of anilines is 1. The summed E-state index contributed by atoms with van der Waals surface area (Å²) in [5.41, 5.74) is 1.91. The standard InChI is InChI=1S/C22H20ClN3O5/c1-3-30-16-11-9-15(10-12-16)26-19(27)17-18(20(28)31-4-2)24-25-22(17,21(26)29)13-5-7-14(23)8-6-13/h5-12,17,25H,3-4H2,1-2H3/t17-,22-/m1/s1. The molecule has 2 amide bonds. The van der Waals surface area contributed by atoms with Gasteiger partial charge in [-0.05, 0) is 55.8 Å². The van der Waals surface area contributed by atoms with Gasteiger partial charge in [-0.15, -0.1) is 0 Å². The molecule has 31 heavy (non-hydrogen) atoms. The van der Waals surface area contributed by atoms with E-state index in [2.05, 4.69) is 10.5 Å². The van der Waals surface area contributed by atoms with Crippen molar-refractivity contribution in [1.82, 2.24) is 5.43 Å². The number of nitrogens with one attached hydrogen (secondary N) is 1. The molecule has 0 bridgehead atoms. The molecule has 8 nitrogen and oxygen atoms in total. The maximum absolute atomic E-state index is 13.7. The van der Waals surface area contributed by atoms with Crippen molar-refractivity contribution in [1.29, 1.82) is 0 Å². The van der Waals surface area contributed by atoms with Crippen molar-refractivity contribution >= 4 is 40.8 Å². The Kier molecular flexibility index (Phi) is 5.41. The van der Waals surface area contributed by atoms with Crippen molar-refractivity contribution in [3.8, 4) is 5.75 Å². The molecule has 2 aliphatic heterocycles. The van der Waals surface area contributed by atoms with Gasteiger partial charge in [0.25, 0.3) is 5.91 Å². The second-order valence-electron chi connectivity index (χ2n) is 6.98. The summed E-state index contributed by atoms with van der Waals surface area (Å²) in [6, 6.07) is 13.1. The number of hydrazone groups is 1. The van der Waals surface area contributed by atoms with Crippen molar-refractivity contribution in [2.24, 2.45) is 11.0 Å². The number of hydrogen-bond acceptors (Lipinski definition) is 7. The van der Waals surface area contributed by atoms with Gasteiger partial charge in [-0.2, -0.15) is 5.10 Å². The zero-order valence-electron chi connectivity index (χ0n) is 16.9. The number of carbonyl (C=O) groups excluding carboxylic acids is 3. The molecule has 0 aliphatic carbocycles. The highest BCUT2D eigenvalue weighted by molar-refractivity contribution is 6.47. The topological polar surface area (TPSA) is 97.3 Å². The fourth-order valence-electron chi connectivity index (χ4n) is 3.90. The molecule has 2 aromatic rings. The van der Waals surface area contributed by atoms with Gasteiger partial charge in [-0.25, -0.2) is 9.69 Å². The number of fused-ring (bicyclic) bond motifs is 1. The maximum Gasteiger partial charge on any atom is 0.355 e. The third-order valence-corrected chi connectivity index (χ3v) is 5.51. The van der Waals surface area contributed by atoms with Crippen LogP contribution in [0.2, 0.25) is 5.02 Å². The van der Waals surface area contributed by atoms with Gasteiger partial charge >= 0.3 is 5.97 Å². The van der Waals surface area contributed by atoms with Crippen LogP contribution in [0.15, 0.2) is 53.6 Å². The van der Waals surface area contributed by atoms with E-state index in [0.717, 1.165) is 4.90 Å². The molecule has 0 spiro atoms. The summed E-state index contributed by atoms with van der Waals surface area (Å²) in [5.74, 6) is -2.42. The fraction of sp³-hybridized carbons (Fsp3) is 0.273. The quantitative estimate of drug-likeness (QED) is 0.546. The molecule has 1 N–H and O–H groups in total. The maximum atomic E-state index is 13.7. The van der Waals surface area contributed by atoms with Crippen LogP contribution in [0.5, 0.6) is 5.75 Å². The van der Waals surface area contributed by atoms with Crippen LogP contribution in [0.1, 0.15) is 19.4 Å². The van der Waals surface area contributed by atoms with Crippen LogP contribution in [0.25, 0.3) is 0 Å². The first-order chi connectivity index (χ1) is 14.9. The molecule has 160 valence electrons. The predicted molar refractivity (Wildman–Crippen MR) is 114 cm³/mol. The molecule has 9 heteroatoms. The first-order valence-electron chi connectivity index (χ1n) is 9.83. The zero-order chi connectivity index (χ0) is 22.2. The van der Waals surface area contributed by atoms with Crippen LogP contribution < -0.4 is 15.1 Å². The monoisotopic (exact) mass is 441 g/mol. The van der Waals surface area contributed by atoms with E-state index in [1.807, 2.05) is 6.92 Å². The van der Waals surface area contributed by atoms with E-state index in [9.17, 15) is 14.4 Å². The van der Waals surface area contributed by atoms with Crippen LogP contribution in [-0.2, 0) is 24.7 Å². The van der Waals surface area contributed by atoms with Crippen molar-refractivity contribution in [2.45, 2.75) is 19.4 Å². The normalized spacial score (nSPS) is 22.1. The second kappa shape index (κ2) is 8.03. The summed E-state index contributed by atoms with van der Waals surface area (Å²) in [6.45, 7) is 4.12. The Morgan fingerprint density at radius 2 is 1.77 bits per heavy atom. The highest BCUT2D eigenvalue weighted by Crippen LogP contribution is 2.45. The molecule has 4 rings (SSSR count).